The van der Waals surface area contributed by atoms with E-state index in [4.69, 9.17) is 0 Å². The Morgan fingerprint density at radius 3 is 2.40 bits per heavy atom. The van der Waals surface area contributed by atoms with E-state index in [1.54, 1.807) is 0 Å². The molecule has 0 aromatic heterocycles. The van der Waals surface area contributed by atoms with Crippen LogP contribution in [0.4, 0.5) is 14.5 Å². The van der Waals surface area contributed by atoms with Gasteiger partial charge in [-0.05, 0) is 44.4 Å². The first kappa shape index (κ1) is 14.5. The monoisotopic (exact) mass is 275 g/mol. The maximum Gasteiger partial charge on any atom is 0.128 e. The topological polar surface area (TPSA) is 12.0 Å². The molecule has 0 saturated heterocycles. The number of hydrogen-bond acceptors (Lipinski definition) is 1. The first-order chi connectivity index (χ1) is 9.52. The van der Waals surface area contributed by atoms with Crippen molar-refractivity contribution in [2.75, 3.05) is 5.32 Å². The molecular weight excluding hydrogens is 256 g/mol. The Hall–Kier alpha value is -1.90. The molecule has 0 bridgehead atoms. The third kappa shape index (κ3) is 4.34. The van der Waals surface area contributed by atoms with Gasteiger partial charge in [0.1, 0.15) is 11.6 Å². The van der Waals surface area contributed by atoms with Gasteiger partial charge in [0.25, 0.3) is 0 Å². The van der Waals surface area contributed by atoms with E-state index in [1.807, 2.05) is 13.0 Å². The van der Waals surface area contributed by atoms with E-state index in [-0.39, 0.29) is 6.04 Å². The molecule has 106 valence electrons. The number of rotatable bonds is 5. The number of hydrogen-bond donors (Lipinski definition) is 1. The smallest absolute Gasteiger partial charge is 0.128 e. The van der Waals surface area contributed by atoms with Gasteiger partial charge >= 0.3 is 0 Å². The predicted octanol–water partition coefficient (Wildman–Crippen LogP) is 4.71. The van der Waals surface area contributed by atoms with Gasteiger partial charge < -0.3 is 5.32 Å². The molecule has 1 atom stereocenters. The minimum atomic E-state index is -0.557. The molecule has 0 aliphatic carbocycles. The molecule has 3 heteroatoms. The number of nitrogens with one attached hydrogen (secondary N) is 1. The van der Waals surface area contributed by atoms with Gasteiger partial charge in [0.05, 0.1) is 0 Å². The molecule has 1 N–H and O–H groups in total. The molecule has 1 unspecified atom stereocenters. The van der Waals surface area contributed by atoms with Gasteiger partial charge in [-0.25, -0.2) is 8.78 Å². The van der Waals surface area contributed by atoms with Crippen molar-refractivity contribution in [2.24, 2.45) is 0 Å². The molecule has 0 heterocycles. The quantitative estimate of drug-likeness (QED) is 0.833. The molecule has 1 nitrogen and oxygen atoms in total. The summed E-state index contributed by atoms with van der Waals surface area (Å²) in [5.74, 6) is -1.11. The SMILES string of the molecule is Cc1cccc(CCC(C)Nc2cc(F)cc(F)c2)c1. The lowest BCUT2D eigenvalue weighted by molar-refractivity contribution is 0.583. The molecule has 20 heavy (non-hydrogen) atoms. The summed E-state index contributed by atoms with van der Waals surface area (Å²) in [6, 6.07) is 12.0. The second-order valence-electron chi connectivity index (χ2n) is 5.23. The Labute approximate surface area is 118 Å². The van der Waals surface area contributed by atoms with E-state index in [0.29, 0.717) is 5.69 Å². The van der Waals surface area contributed by atoms with Crippen LogP contribution in [-0.2, 0) is 6.42 Å². The van der Waals surface area contributed by atoms with Gasteiger partial charge in [-0.3, -0.25) is 0 Å². The van der Waals surface area contributed by atoms with E-state index in [2.05, 4.69) is 30.4 Å². The molecule has 2 aromatic rings. The molecule has 0 amide bonds. The zero-order chi connectivity index (χ0) is 14.5. The first-order valence-corrected chi connectivity index (χ1v) is 6.81. The number of halogens is 2. The normalized spacial score (nSPS) is 12.2. The van der Waals surface area contributed by atoms with E-state index in [1.165, 1.54) is 23.3 Å². The number of aryl methyl sites for hydroxylation is 2. The Morgan fingerprint density at radius 2 is 1.75 bits per heavy atom. The summed E-state index contributed by atoms with van der Waals surface area (Å²) < 4.78 is 26.2. The van der Waals surface area contributed by atoms with Crippen LogP contribution in [0, 0.1) is 18.6 Å². The highest BCUT2D eigenvalue weighted by Crippen LogP contribution is 2.16. The van der Waals surface area contributed by atoms with Crippen molar-refractivity contribution in [3.63, 3.8) is 0 Å². The van der Waals surface area contributed by atoms with Crippen LogP contribution >= 0.6 is 0 Å². The average molecular weight is 275 g/mol. The largest absolute Gasteiger partial charge is 0.382 e. The van der Waals surface area contributed by atoms with Crippen LogP contribution in [0.1, 0.15) is 24.5 Å². The molecule has 0 spiro atoms. The lowest BCUT2D eigenvalue weighted by atomic mass is 10.0. The molecule has 0 fully saturated rings. The predicted molar refractivity (Wildman–Crippen MR) is 78.9 cm³/mol. The lowest BCUT2D eigenvalue weighted by Gasteiger charge is -2.15. The molecule has 0 aliphatic rings. The molecular formula is C17H19F2N. The third-order valence-electron chi connectivity index (χ3n) is 3.22. The van der Waals surface area contributed by atoms with Crippen LogP contribution < -0.4 is 5.32 Å². The number of benzene rings is 2. The molecule has 2 rings (SSSR count). The first-order valence-electron chi connectivity index (χ1n) is 6.81. The second-order valence-corrected chi connectivity index (χ2v) is 5.23. The lowest BCUT2D eigenvalue weighted by Crippen LogP contribution is -2.16. The molecule has 0 radical (unpaired) electrons. The van der Waals surface area contributed by atoms with Crippen molar-refractivity contribution in [1.29, 1.82) is 0 Å². The highest BCUT2D eigenvalue weighted by Gasteiger charge is 2.05. The fourth-order valence-electron chi connectivity index (χ4n) is 2.24. The summed E-state index contributed by atoms with van der Waals surface area (Å²) in [4.78, 5) is 0. The Bertz CT molecular complexity index is 561. The standard InChI is InChI=1S/C17H19F2N/c1-12-4-3-5-14(8-12)7-6-13(2)20-17-10-15(18)9-16(19)11-17/h3-5,8-11,13,20H,6-7H2,1-2H3. The van der Waals surface area contributed by atoms with Gasteiger partial charge in [-0.1, -0.05) is 29.8 Å². The Morgan fingerprint density at radius 1 is 1.05 bits per heavy atom. The number of anilines is 1. The average Bonchev–Trinajstić information content (AvgIpc) is 2.35. The van der Waals surface area contributed by atoms with Crippen LogP contribution in [0.2, 0.25) is 0 Å². The molecule has 0 aliphatic heterocycles. The summed E-state index contributed by atoms with van der Waals surface area (Å²) in [5.41, 5.74) is 3.01. The van der Waals surface area contributed by atoms with Gasteiger partial charge in [0.2, 0.25) is 0 Å². The maximum absolute atomic E-state index is 13.1. The van der Waals surface area contributed by atoms with Crippen LogP contribution in [0.3, 0.4) is 0 Å². The van der Waals surface area contributed by atoms with Gasteiger partial charge in [0, 0.05) is 17.8 Å². The van der Waals surface area contributed by atoms with Crippen LogP contribution in [0.15, 0.2) is 42.5 Å². The summed E-state index contributed by atoms with van der Waals surface area (Å²) in [6.45, 7) is 4.08. The minimum absolute atomic E-state index is 0.150. The fraction of sp³-hybridized carbons (Fsp3) is 0.294. The van der Waals surface area contributed by atoms with E-state index < -0.39 is 11.6 Å². The summed E-state index contributed by atoms with van der Waals surface area (Å²) in [6.07, 6.45) is 1.84. The highest BCUT2D eigenvalue weighted by atomic mass is 19.1. The Kier molecular flexibility index (Phi) is 4.72. The van der Waals surface area contributed by atoms with Crippen molar-refractivity contribution in [3.8, 4) is 0 Å². The van der Waals surface area contributed by atoms with E-state index in [0.717, 1.165) is 18.9 Å². The van der Waals surface area contributed by atoms with Gasteiger partial charge in [-0.2, -0.15) is 0 Å². The second kappa shape index (κ2) is 6.51. The zero-order valence-electron chi connectivity index (χ0n) is 11.8. The maximum atomic E-state index is 13.1. The minimum Gasteiger partial charge on any atom is -0.382 e. The fourth-order valence-corrected chi connectivity index (χ4v) is 2.24. The van der Waals surface area contributed by atoms with Crippen LogP contribution in [-0.4, -0.2) is 6.04 Å². The van der Waals surface area contributed by atoms with Crippen LogP contribution in [0.25, 0.3) is 0 Å². The van der Waals surface area contributed by atoms with Crippen molar-refractivity contribution in [2.45, 2.75) is 32.7 Å². The van der Waals surface area contributed by atoms with Crippen molar-refractivity contribution < 1.29 is 8.78 Å². The third-order valence-corrected chi connectivity index (χ3v) is 3.22. The van der Waals surface area contributed by atoms with E-state index in [9.17, 15) is 8.78 Å². The summed E-state index contributed by atoms with van der Waals surface area (Å²) in [5, 5.41) is 3.13. The highest BCUT2D eigenvalue weighted by molar-refractivity contribution is 5.44. The van der Waals surface area contributed by atoms with Crippen molar-refractivity contribution in [3.05, 3.63) is 65.2 Å². The zero-order valence-corrected chi connectivity index (χ0v) is 11.8. The Balaban J connectivity index is 1.90. The summed E-state index contributed by atoms with van der Waals surface area (Å²) in [7, 11) is 0. The molecule has 2 aromatic carbocycles. The summed E-state index contributed by atoms with van der Waals surface area (Å²) >= 11 is 0. The van der Waals surface area contributed by atoms with Gasteiger partial charge in [0.15, 0.2) is 0 Å². The van der Waals surface area contributed by atoms with Crippen molar-refractivity contribution >= 4 is 5.69 Å². The van der Waals surface area contributed by atoms with E-state index >= 15 is 0 Å². The van der Waals surface area contributed by atoms with Gasteiger partial charge in [-0.15, -0.1) is 0 Å². The molecule has 0 saturated carbocycles. The van der Waals surface area contributed by atoms with Crippen LogP contribution in [0.5, 0.6) is 0 Å². The van der Waals surface area contributed by atoms with Crippen molar-refractivity contribution in [1.82, 2.24) is 0 Å².